The molecular weight excluding hydrogens is 242 g/mol. The minimum Gasteiger partial charge on any atom is -0.399 e. The summed E-state index contributed by atoms with van der Waals surface area (Å²) in [6.07, 6.45) is 0. The highest BCUT2D eigenvalue weighted by atomic mass is 16.2. The molecule has 0 unspecified atom stereocenters. The molecule has 1 aromatic heterocycles. The number of rotatable bonds is 4. The molecule has 0 aliphatic carbocycles. The van der Waals surface area contributed by atoms with Crippen molar-refractivity contribution in [1.29, 1.82) is 0 Å². The summed E-state index contributed by atoms with van der Waals surface area (Å²) in [5, 5.41) is 7.79. The SMILES string of the molecule is Cc1cc(Cn2nnn(CC(C)C)c2=O)ccc1N. The number of nitrogens with two attached hydrogens (primary N) is 1. The van der Waals surface area contributed by atoms with Gasteiger partial charge in [0.05, 0.1) is 13.1 Å². The molecule has 2 N–H and O–H groups in total. The minimum atomic E-state index is -0.178. The Bertz CT molecular complexity index is 626. The van der Waals surface area contributed by atoms with Gasteiger partial charge in [-0.15, -0.1) is 0 Å². The standard InChI is InChI=1S/C13H19N5O/c1-9(2)7-17-13(19)18(16-15-17)8-11-4-5-12(14)10(3)6-11/h4-6,9H,7-8,14H2,1-3H3. The Hall–Kier alpha value is -2.11. The van der Waals surface area contributed by atoms with E-state index >= 15 is 0 Å². The van der Waals surface area contributed by atoms with Gasteiger partial charge in [-0.3, -0.25) is 0 Å². The number of nitrogens with zero attached hydrogens (tertiary/aromatic N) is 4. The van der Waals surface area contributed by atoms with Crippen LogP contribution in [0.5, 0.6) is 0 Å². The van der Waals surface area contributed by atoms with Gasteiger partial charge in [-0.25, -0.2) is 4.79 Å². The van der Waals surface area contributed by atoms with E-state index in [9.17, 15) is 4.79 Å². The van der Waals surface area contributed by atoms with E-state index in [1.165, 1.54) is 9.36 Å². The van der Waals surface area contributed by atoms with Crippen molar-refractivity contribution in [2.24, 2.45) is 5.92 Å². The molecule has 102 valence electrons. The zero-order valence-electron chi connectivity index (χ0n) is 11.5. The first-order chi connectivity index (χ1) is 8.97. The molecule has 1 heterocycles. The number of hydrogen-bond donors (Lipinski definition) is 1. The number of aryl methyl sites for hydroxylation is 1. The highest BCUT2D eigenvalue weighted by Gasteiger charge is 2.09. The Kier molecular flexibility index (Phi) is 3.69. The van der Waals surface area contributed by atoms with Gasteiger partial charge in [0.15, 0.2) is 0 Å². The Labute approximate surface area is 111 Å². The summed E-state index contributed by atoms with van der Waals surface area (Å²) in [5.41, 5.74) is 8.33. The first kappa shape index (κ1) is 13.3. The van der Waals surface area contributed by atoms with Crippen molar-refractivity contribution >= 4 is 5.69 Å². The number of aromatic nitrogens is 4. The number of hydrogen-bond acceptors (Lipinski definition) is 4. The summed E-state index contributed by atoms with van der Waals surface area (Å²) < 4.78 is 2.77. The van der Waals surface area contributed by atoms with E-state index < -0.39 is 0 Å². The Morgan fingerprint density at radius 1 is 1.26 bits per heavy atom. The van der Waals surface area contributed by atoms with Gasteiger partial charge in [-0.1, -0.05) is 26.0 Å². The highest BCUT2D eigenvalue weighted by molar-refractivity contribution is 5.47. The Morgan fingerprint density at radius 2 is 1.95 bits per heavy atom. The lowest BCUT2D eigenvalue weighted by molar-refractivity contribution is 0.461. The summed E-state index contributed by atoms with van der Waals surface area (Å²) in [6, 6.07) is 5.70. The van der Waals surface area contributed by atoms with Gasteiger partial charge in [0.25, 0.3) is 0 Å². The maximum Gasteiger partial charge on any atom is 0.363 e. The lowest BCUT2D eigenvalue weighted by atomic mass is 10.1. The zero-order valence-corrected chi connectivity index (χ0v) is 11.5. The molecule has 2 aromatic rings. The quantitative estimate of drug-likeness (QED) is 0.834. The summed E-state index contributed by atoms with van der Waals surface area (Å²) in [4.78, 5) is 12.0. The van der Waals surface area contributed by atoms with Crippen LogP contribution in [0.2, 0.25) is 0 Å². The molecule has 0 aliphatic rings. The number of tetrazole rings is 1. The van der Waals surface area contributed by atoms with Crippen molar-refractivity contribution in [3.05, 3.63) is 39.8 Å². The fourth-order valence-electron chi connectivity index (χ4n) is 1.88. The predicted molar refractivity (Wildman–Crippen MR) is 73.8 cm³/mol. The van der Waals surface area contributed by atoms with Gasteiger partial charge >= 0.3 is 5.69 Å². The van der Waals surface area contributed by atoms with Crippen molar-refractivity contribution in [3.8, 4) is 0 Å². The average Bonchev–Trinajstić information content (AvgIpc) is 2.66. The Balaban J connectivity index is 2.21. The van der Waals surface area contributed by atoms with Crippen LogP contribution < -0.4 is 11.4 Å². The molecule has 0 saturated carbocycles. The first-order valence-corrected chi connectivity index (χ1v) is 6.33. The zero-order chi connectivity index (χ0) is 14.0. The van der Waals surface area contributed by atoms with E-state index in [1.807, 2.05) is 39.0 Å². The summed E-state index contributed by atoms with van der Waals surface area (Å²) in [6.45, 7) is 7.01. The normalized spacial score (nSPS) is 11.2. The third kappa shape index (κ3) is 3.01. The maximum atomic E-state index is 12.0. The number of benzene rings is 1. The van der Waals surface area contributed by atoms with Crippen molar-refractivity contribution in [1.82, 2.24) is 19.8 Å². The van der Waals surface area contributed by atoms with Gasteiger partial charge < -0.3 is 5.73 Å². The average molecular weight is 261 g/mol. The van der Waals surface area contributed by atoms with Crippen LogP contribution in [0.4, 0.5) is 5.69 Å². The van der Waals surface area contributed by atoms with Crippen LogP contribution in [0.1, 0.15) is 25.0 Å². The fraction of sp³-hybridized carbons (Fsp3) is 0.462. The number of anilines is 1. The van der Waals surface area contributed by atoms with Crippen LogP contribution in [-0.4, -0.2) is 19.8 Å². The summed E-state index contributed by atoms with van der Waals surface area (Å²) in [5.74, 6) is 0.363. The van der Waals surface area contributed by atoms with Crippen LogP contribution in [0, 0.1) is 12.8 Å². The predicted octanol–water partition coefficient (Wildman–Crippen LogP) is 1.03. The molecule has 6 heteroatoms. The molecule has 1 aromatic carbocycles. The lowest BCUT2D eigenvalue weighted by Gasteiger charge is -2.04. The number of nitrogen functional groups attached to an aromatic ring is 1. The van der Waals surface area contributed by atoms with E-state index in [-0.39, 0.29) is 5.69 Å². The molecule has 0 saturated heterocycles. The van der Waals surface area contributed by atoms with Crippen LogP contribution in [0.25, 0.3) is 0 Å². The van der Waals surface area contributed by atoms with E-state index in [0.717, 1.165) is 16.8 Å². The third-order valence-electron chi connectivity index (χ3n) is 2.90. The fourth-order valence-corrected chi connectivity index (χ4v) is 1.88. The molecule has 0 spiro atoms. The van der Waals surface area contributed by atoms with Crippen molar-refractivity contribution in [3.63, 3.8) is 0 Å². The third-order valence-corrected chi connectivity index (χ3v) is 2.90. The van der Waals surface area contributed by atoms with Gasteiger partial charge in [-0.2, -0.15) is 9.36 Å². The minimum absolute atomic E-state index is 0.178. The molecule has 19 heavy (non-hydrogen) atoms. The van der Waals surface area contributed by atoms with E-state index in [0.29, 0.717) is 19.0 Å². The molecule has 0 fully saturated rings. The maximum absolute atomic E-state index is 12.0. The van der Waals surface area contributed by atoms with Crippen LogP contribution in [0.3, 0.4) is 0 Å². The molecule has 2 rings (SSSR count). The molecule has 0 aliphatic heterocycles. The van der Waals surface area contributed by atoms with Gasteiger partial charge in [0.2, 0.25) is 0 Å². The van der Waals surface area contributed by atoms with E-state index in [1.54, 1.807) is 0 Å². The summed E-state index contributed by atoms with van der Waals surface area (Å²) in [7, 11) is 0. The molecule has 6 nitrogen and oxygen atoms in total. The smallest absolute Gasteiger partial charge is 0.363 e. The van der Waals surface area contributed by atoms with E-state index in [4.69, 9.17) is 5.73 Å². The highest BCUT2D eigenvalue weighted by Crippen LogP contribution is 2.12. The largest absolute Gasteiger partial charge is 0.399 e. The molecular formula is C13H19N5O. The molecule has 0 radical (unpaired) electrons. The first-order valence-electron chi connectivity index (χ1n) is 6.33. The van der Waals surface area contributed by atoms with Crippen LogP contribution in [-0.2, 0) is 13.1 Å². The van der Waals surface area contributed by atoms with E-state index in [2.05, 4.69) is 10.4 Å². The van der Waals surface area contributed by atoms with Crippen LogP contribution >= 0.6 is 0 Å². The molecule has 0 bridgehead atoms. The summed E-state index contributed by atoms with van der Waals surface area (Å²) >= 11 is 0. The van der Waals surface area contributed by atoms with Gasteiger partial charge in [-0.05, 0) is 40.5 Å². The lowest BCUT2D eigenvalue weighted by Crippen LogP contribution is -2.27. The van der Waals surface area contributed by atoms with Crippen molar-refractivity contribution < 1.29 is 0 Å². The van der Waals surface area contributed by atoms with Gasteiger partial charge in [0.1, 0.15) is 0 Å². The topological polar surface area (TPSA) is 78.7 Å². The van der Waals surface area contributed by atoms with Gasteiger partial charge in [0, 0.05) is 5.69 Å². The second-order valence-electron chi connectivity index (χ2n) is 5.19. The molecule has 0 atom stereocenters. The Morgan fingerprint density at radius 3 is 2.58 bits per heavy atom. The molecule has 0 amide bonds. The van der Waals surface area contributed by atoms with Crippen molar-refractivity contribution in [2.45, 2.75) is 33.9 Å². The second-order valence-corrected chi connectivity index (χ2v) is 5.19. The second kappa shape index (κ2) is 5.26. The van der Waals surface area contributed by atoms with Crippen LogP contribution in [0.15, 0.2) is 23.0 Å². The van der Waals surface area contributed by atoms with Crippen molar-refractivity contribution in [2.75, 3.05) is 5.73 Å². The monoisotopic (exact) mass is 261 g/mol.